The number of rotatable bonds is 10. The average Bonchev–Trinajstić information content (AvgIpc) is 3.23. The predicted octanol–water partition coefficient (Wildman–Crippen LogP) is 8.82. The Labute approximate surface area is 366 Å². The van der Waals surface area contributed by atoms with Crippen molar-refractivity contribution < 1.29 is 28.8 Å². The molecular weight excluding hydrogens is 854 g/mol. The zero-order valence-electron chi connectivity index (χ0n) is 32.1. The zero-order valence-corrected chi connectivity index (χ0v) is 35.9. The molecule has 2 saturated heterocycles. The highest BCUT2D eigenvalue weighted by Crippen LogP contribution is 2.49. The van der Waals surface area contributed by atoms with Crippen LogP contribution in [-0.4, -0.2) is 108 Å². The van der Waals surface area contributed by atoms with Crippen molar-refractivity contribution in [3.05, 3.63) is 115 Å². The van der Waals surface area contributed by atoms with Gasteiger partial charge in [0.25, 0.3) is 0 Å². The summed E-state index contributed by atoms with van der Waals surface area (Å²) >= 11 is 29.2. The van der Waals surface area contributed by atoms with Gasteiger partial charge in [0.1, 0.15) is 0 Å². The van der Waals surface area contributed by atoms with Gasteiger partial charge in [0.2, 0.25) is 23.6 Å². The lowest BCUT2D eigenvalue weighted by Gasteiger charge is -2.33. The number of halogens is 4. The molecule has 0 bridgehead atoms. The van der Waals surface area contributed by atoms with Crippen LogP contribution in [0.4, 0.5) is 0 Å². The summed E-state index contributed by atoms with van der Waals surface area (Å²) in [5.41, 5.74) is 3.22. The summed E-state index contributed by atoms with van der Waals surface area (Å²) in [5.74, 6) is -0.577. The van der Waals surface area contributed by atoms with Crippen LogP contribution in [0.25, 0.3) is 34.4 Å². The highest BCUT2D eigenvalue weighted by molar-refractivity contribution is 7.99. The van der Waals surface area contributed by atoms with E-state index in [9.17, 15) is 28.8 Å². The molecule has 59 heavy (non-hydrogen) atoms. The molecule has 2 fully saturated rings. The molecule has 15 heteroatoms. The van der Waals surface area contributed by atoms with Gasteiger partial charge in [-0.3, -0.25) is 28.8 Å². The second-order valence-corrected chi connectivity index (χ2v) is 16.4. The van der Waals surface area contributed by atoms with Gasteiger partial charge in [0.05, 0.1) is 10.0 Å². The molecule has 304 valence electrons. The fourth-order valence-corrected chi connectivity index (χ4v) is 9.24. The molecule has 2 heterocycles. The Morgan fingerprint density at radius 1 is 0.492 bits per heavy atom. The molecule has 0 radical (unpaired) electrons. The van der Waals surface area contributed by atoms with Crippen molar-refractivity contribution in [3.63, 3.8) is 0 Å². The van der Waals surface area contributed by atoms with E-state index in [0.29, 0.717) is 108 Å². The van der Waals surface area contributed by atoms with Crippen LogP contribution in [0.15, 0.2) is 82.6 Å². The maximum Gasteiger partial charge on any atom is 0.246 e. The smallest absolute Gasteiger partial charge is 0.246 e. The standard InChI is InChI=1S/C44H38Cl4N4O6S/c1-27(55)49-17-21-51(22-18-49)37(57)15-11-29-9-13-35(43(47)41(29)39-31(25-53)5-3-7-33(39)45)59-36-14-10-30(12-16-38(58)52-23-19-50(20-24-52)28(2)56)42(44(36)48)40-32(26-54)6-4-8-34(40)46/h3-16,25-26H,17-24H2,1-2H3/b15-11+,16-12+. The van der Waals surface area contributed by atoms with Crippen molar-refractivity contribution >= 4 is 107 Å². The first kappa shape index (κ1) is 43.7. The molecule has 10 nitrogen and oxygen atoms in total. The number of nitrogens with zero attached hydrogens (tertiary/aromatic N) is 4. The third-order valence-corrected chi connectivity index (χ3v) is 13.0. The topological polar surface area (TPSA) is 115 Å². The minimum Gasteiger partial charge on any atom is -0.339 e. The number of hydrogen-bond acceptors (Lipinski definition) is 7. The number of benzene rings is 4. The lowest BCUT2D eigenvalue weighted by atomic mass is 9.95. The molecule has 0 saturated carbocycles. The van der Waals surface area contributed by atoms with Gasteiger partial charge in [0.15, 0.2) is 12.6 Å². The van der Waals surface area contributed by atoms with E-state index in [-0.39, 0.29) is 54.8 Å². The molecule has 6 rings (SSSR count). The van der Waals surface area contributed by atoms with Gasteiger partial charge in [-0.25, -0.2) is 0 Å². The summed E-state index contributed by atoms with van der Waals surface area (Å²) in [4.78, 5) is 82.6. The first-order valence-electron chi connectivity index (χ1n) is 18.6. The van der Waals surface area contributed by atoms with Gasteiger partial charge < -0.3 is 19.6 Å². The number of carbonyl (C=O) groups is 6. The fraction of sp³-hybridized carbons (Fsp3) is 0.227. The minimum atomic E-state index is -0.247. The van der Waals surface area contributed by atoms with Crippen molar-refractivity contribution in [2.45, 2.75) is 23.6 Å². The molecule has 4 aromatic rings. The summed E-state index contributed by atoms with van der Waals surface area (Å²) in [7, 11) is 0. The van der Waals surface area contributed by atoms with Gasteiger partial charge >= 0.3 is 0 Å². The quantitative estimate of drug-likeness (QED) is 0.116. The van der Waals surface area contributed by atoms with Crippen LogP contribution in [0.5, 0.6) is 0 Å². The Bertz CT molecular complexity index is 2240. The molecule has 0 N–H and O–H groups in total. The van der Waals surface area contributed by atoms with Crippen LogP contribution in [0, 0.1) is 0 Å². The fourth-order valence-electron chi connectivity index (χ4n) is 7.03. The van der Waals surface area contributed by atoms with E-state index in [0.717, 1.165) is 0 Å². The molecule has 0 aliphatic carbocycles. The van der Waals surface area contributed by atoms with Crippen LogP contribution < -0.4 is 0 Å². The van der Waals surface area contributed by atoms with Crippen molar-refractivity contribution in [2.24, 2.45) is 0 Å². The van der Waals surface area contributed by atoms with E-state index >= 15 is 0 Å². The molecule has 0 aromatic heterocycles. The second kappa shape index (κ2) is 19.4. The average molecular weight is 893 g/mol. The molecule has 0 spiro atoms. The van der Waals surface area contributed by atoms with Crippen LogP contribution in [-0.2, 0) is 19.2 Å². The number of piperazine rings is 2. The Hall–Kier alpha value is -4.91. The highest BCUT2D eigenvalue weighted by Gasteiger charge is 2.25. The van der Waals surface area contributed by atoms with Gasteiger partial charge in [0, 0.05) is 132 Å². The summed E-state index contributed by atoms with van der Waals surface area (Å²) in [6.07, 6.45) is 7.49. The Morgan fingerprint density at radius 2 is 0.847 bits per heavy atom. The Kier molecular flexibility index (Phi) is 14.4. The summed E-state index contributed by atoms with van der Waals surface area (Å²) in [6, 6.07) is 16.9. The molecule has 2 aliphatic rings. The first-order chi connectivity index (χ1) is 28.3. The summed E-state index contributed by atoms with van der Waals surface area (Å²) in [5, 5.41) is 1.01. The predicted molar refractivity (Wildman–Crippen MR) is 234 cm³/mol. The molecule has 0 atom stereocenters. The van der Waals surface area contributed by atoms with Crippen LogP contribution in [0.1, 0.15) is 45.7 Å². The molecule has 2 aliphatic heterocycles. The van der Waals surface area contributed by atoms with Gasteiger partial charge in [-0.05, 0) is 47.5 Å². The molecular formula is C44H38Cl4N4O6S. The summed E-state index contributed by atoms with van der Waals surface area (Å²) in [6.45, 7) is 6.32. The van der Waals surface area contributed by atoms with E-state index in [4.69, 9.17) is 46.4 Å². The van der Waals surface area contributed by atoms with Crippen LogP contribution in [0.3, 0.4) is 0 Å². The van der Waals surface area contributed by atoms with E-state index in [2.05, 4.69) is 0 Å². The zero-order chi connectivity index (χ0) is 42.4. The minimum absolute atomic E-state index is 0.0415. The normalized spacial score (nSPS) is 14.6. The number of carbonyl (C=O) groups excluding carboxylic acids is 6. The highest BCUT2D eigenvalue weighted by atomic mass is 35.5. The van der Waals surface area contributed by atoms with Crippen molar-refractivity contribution in [3.8, 4) is 22.3 Å². The van der Waals surface area contributed by atoms with Gasteiger partial charge in [-0.2, -0.15) is 0 Å². The van der Waals surface area contributed by atoms with E-state index in [1.54, 1.807) is 92.4 Å². The van der Waals surface area contributed by atoms with Gasteiger partial charge in [-0.15, -0.1) is 0 Å². The van der Waals surface area contributed by atoms with E-state index in [1.165, 1.54) is 37.8 Å². The molecule has 4 amide bonds. The first-order valence-corrected chi connectivity index (χ1v) is 20.9. The Balaban J connectivity index is 1.39. The van der Waals surface area contributed by atoms with Crippen molar-refractivity contribution in [1.29, 1.82) is 0 Å². The largest absolute Gasteiger partial charge is 0.339 e. The second-order valence-electron chi connectivity index (χ2n) is 13.8. The molecule has 0 unspecified atom stereocenters. The number of hydrogen-bond donors (Lipinski definition) is 0. The number of aldehydes is 2. The van der Waals surface area contributed by atoms with Crippen LogP contribution in [0.2, 0.25) is 20.1 Å². The lowest BCUT2D eigenvalue weighted by Crippen LogP contribution is -2.49. The van der Waals surface area contributed by atoms with Crippen molar-refractivity contribution in [2.75, 3.05) is 52.4 Å². The maximum absolute atomic E-state index is 13.3. The lowest BCUT2D eigenvalue weighted by molar-refractivity contribution is -0.135. The molecule has 4 aromatic carbocycles. The van der Waals surface area contributed by atoms with Crippen molar-refractivity contribution in [1.82, 2.24) is 19.6 Å². The van der Waals surface area contributed by atoms with E-state index in [1.807, 2.05) is 0 Å². The maximum atomic E-state index is 13.3. The third kappa shape index (κ3) is 9.77. The number of amides is 4. The Morgan fingerprint density at radius 3 is 1.19 bits per heavy atom. The SMILES string of the molecule is CC(=O)N1CCN(C(=O)/C=C/c2ccc(Sc3ccc(/C=C/C(=O)N4CCN(C(C)=O)CC4)c(-c4c(Cl)cccc4C=O)c3Cl)c(Cl)c2-c2c(Cl)cccc2C=O)CC1. The van der Waals surface area contributed by atoms with Gasteiger partial charge in [-0.1, -0.05) is 94.6 Å². The monoisotopic (exact) mass is 890 g/mol. The van der Waals surface area contributed by atoms with E-state index < -0.39 is 0 Å². The van der Waals surface area contributed by atoms with Crippen LogP contribution >= 0.6 is 58.2 Å². The summed E-state index contributed by atoms with van der Waals surface area (Å²) < 4.78 is 0. The third-order valence-electron chi connectivity index (χ3n) is 10.2.